The summed E-state index contributed by atoms with van der Waals surface area (Å²) in [6, 6.07) is 18.3. The molecule has 0 fully saturated rings. The van der Waals surface area contributed by atoms with E-state index in [1.54, 1.807) is 0 Å². The molecule has 0 spiro atoms. The monoisotopic (exact) mass is 293 g/mol. The highest BCUT2D eigenvalue weighted by atomic mass is 16.5. The first-order chi connectivity index (χ1) is 10.8. The van der Waals surface area contributed by atoms with Crippen molar-refractivity contribution < 1.29 is 9.53 Å². The summed E-state index contributed by atoms with van der Waals surface area (Å²) in [5, 5.41) is 0. The molecule has 0 saturated heterocycles. The van der Waals surface area contributed by atoms with Crippen LogP contribution in [-0.2, 0) is 22.4 Å². The maximum Gasteiger partial charge on any atom is 0.293 e. The summed E-state index contributed by atoms with van der Waals surface area (Å²) in [5.74, 6) is 0. The normalized spacial score (nSPS) is 14.6. The number of nitrogens with zero attached hydrogens (tertiary/aromatic N) is 1. The lowest BCUT2D eigenvalue weighted by atomic mass is 9.96. The van der Waals surface area contributed by atoms with Crippen LogP contribution in [0.3, 0.4) is 0 Å². The fourth-order valence-corrected chi connectivity index (χ4v) is 2.87. The van der Waals surface area contributed by atoms with Gasteiger partial charge in [-0.3, -0.25) is 9.79 Å². The van der Waals surface area contributed by atoms with Gasteiger partial charge in [-0.05, 0) is 30.0 Å². The van der Waals surface area contributed by atoms with E-state index in [0.717, 1.165) is 30.7 Å². The third-order valence-corrected chi connectivity index (χ3v) is 3.97. The zero-order valence-electron chi connectivity index (χ0n) is 12.4. The summed E-state index contributed by atoms with van der Waals surface area (Å²) >= 11 is 0. The van der Waals surface area contributed by atoms with E-state index in [9.17, 15) is 4.79 Å². The standard InChI is InChI=1S/C19H19NO2/c21-14-22-18(12-15-6-2-1-3-7-15)13-17-11-10-16-8-4-5-9-19(16)20-17/h1-9,14,18H,10-13H2. The Balaban J connectivity index is 1.72. The van der Waals surface area contributed by atoms with Crippen molar-refractivity contribution >= 4 is 17.9 Å². The molecule has 0 saturated carbocycles. The number of aryl methyl sites for hydroxylation is 1. The Morgan fingerprint density at radius 3 is 2.59 bits per heavy atom. The summed E-state index contributed by atoms with van der Waals surface area (Å²) in [6.45, 7) is 0.547. The molecule has 22 heavy (non-hydrogen) atoms. The Bertz CT molecular complexity index is 664. The molecular weight excluding hydrogens is 274 g/mol. The van der Waals surface area contributed by atoms with Crippen LogP contribution in [0.25, 0.3) is 0 Å². The third-order valence-electron chi connectivity index (χ3n) is 3.97. The fraction of sp³-hybridized carbons (Fsp3) is 0.263. The maximum atomic E-state index is 10.8. The summed E-state index contributed by atoms with van der Waals surface area (Å²) in [4.78, 5) is 15.5. The molecule has 1 aliphatic heterocycles. The number of aliphatic imine (C=N–C) groups is 1. The minimum absolute atomic E-state index is 0.149. The van der Waals surface area contributed by atoms with Gasteiger partial charge in [0.1, 0.15) is 6.10 Å². The molecule has 1 unspecified atom stereocenters. The van der Waals surface area contributed by atoms with Crippen LogP contribution in [0.1, 0.15) is 24.0 Å². The third kappa shape index (κ3) is 3.61. The van der Waals surface area contributed by atoms with Crippen LogP contribution in [0.15, 0.2) is 59.6 Å². The lowest BCUT2D eigenvalue weighted by Crippen LogP contribution is -2.21. The van der Waals surface area contributed by atoms with Crippen LogP contribution < -0.4 is 0 Å². The molecule has 112 valence electrons. The van der Waals surface area contributed by atoms with Gasteiger partial charge in [0.15, 0.2) is 0 Å². The molecule has 0 radical (unpaired) electrons. The van der Waals surface area contributed by atoms with Gasteiger partial charge >= 0.3 is 0 Å². The van der Waals surface area contributed by atoms with Crippen molar-refractivity contribution in [3.63, 3.8) is 0 Å². The molecule has 0 aliphatic carbocycles. The second kappa shape index (κ2) is 7.03. The molecule has 0 bridgehead atoms. The molecule has 0 amide bonds. The van der Waals surface area contributed by atoms with Crippen LogP contribution in [0.5, 0.6) is 0 Å². The van der Waals surface area contributed by atoms with E-state index in [0.29, 0.717) is 12.9 Å². The molecular formula is C19H19NO2. The highest BCUT2D eigenvalue weighted by Gasteiger charge is 2.17. The van der Waals surface area contributed by atoms with E-state index >= 15 is 0 Å². The van der Waals surface area contributed by atoms with Gasteiger partial charge in [-0.1, -0.05) is 48.5 Å². The van der Waals surface area contributed by atoms with Crippen LogP contribution >= 0.6 is 0 Å². The van der Waals surface area contributed by atoms with Gasteiger partial charge in [-0.2, -0.15) is 0 Å². The summed E-state index contributed by atoms with van der Waals surface area (Å²) < 4.78 is 5.28. The van der Waals surface area contributed by atoms with Crippen molar-refractivity contribution in [3.8, 4) is 0 Å². The van der Waals surface area contributed by atoms with Gasteiger partial charge in [0.2, 0.25) is 0 Å². The van der Waals surface area contributed by atoms with E-state index < -0.39 is 0 Å². The Morgan fingerprint density at radius 1 is 1.00 bits per heavy atom. The zero-order valence-corrected chi connectivity index (χ0v) is 12.4. The smallest absolute Gasteiger partial charge is 0.293 e. The minimum Gasteiger partial charge on any atom is -0.464 e. The van der Waals surface area contributed by atoms with Gasteiger partial charge in [0.05, 0.1) is 5.69 Å². The summed E-state index contributed by atoms with van der Waals surface area (Å²) in [7, 11) is 0. The number of hydrogen-bond donors (Lipinski definition) is 0. The molecule has 3 nitrogen and oxygen atoms in total. The van der Waals surface area contributed by atoms with Crippen LogP contribution in [0.4, 0.5) is 5.69 Å². The van der Waals surface area contributed by atoms with Crippen molar-refractivity contribution in [2.75, 3.05) is 0 Å². The topological polar surface area (TPSA) is 38.7 Å². The summed E-state index contributed by atoms with van der Waals surface area (Å²) in [5.41, 5.74) is 4.63. The van der Waals surface area contributed by atoms with Crippen LogP contribution in [-0.4, -0.2) is 18.3 Å². The number of carbonyl (C=O) groups excluding carboxylic acids is 1. The average Bonchev–Trinajstić information content (AvgIpc) is 2.56. The van der Waals surface area contributed by atoms with Crippen LogP contribution in [0.2, 0.25) is 0 Å². The van der Waals surface area contributed by atoms with Crippen molar-refractivity contribution in [2.24, 2.45) is 4.99 Å². The van der Waals surface area contributed by atoms with Gasteiger partial charge in [0, 0.05) is 18.6 Å². The van der Waals surface area contributed by atoms with E-state index in [1.807, 2.05) is 36.4 Å². The van der Waals surface area contributed by atoms with Crippen molar-refractivity contribution in [2.45, 2.75) is 31.8 Å². The van der Waals surface area contributed by atoms with Gasteiger partial charge in [0.25, 0.3) is 6.47 Å². The van der Waals surface area contributed by atoms with Crippen molar-refractivity contribution in [1.82, 2.24) is 0 Å². The van der Waals surface area contributed by atoms with Gasteiger partial charge in [-0.25, -0.2) is 0 Å². The number of rotatable bonds is 6. The fourth-order valence-electron chi connectivity index (χ4n) is 2.87. The highest BCUT2D eigenvalue weighted by Crippen LogP contribution is 2.27. The predicted molar refractivity (Wildman–Crippen MR) is 87.6 cm³/mol. The largest absolute Gasteiger partial charge is 0.464 e. The molecule has 0 aromatic heterocycles. The SMILES string of the molecule is O=COC(CC1=Nc2ccccc2CC1)Cc1ccccc1. The second-order valence-corrected chi connectivity index (χ2v) is 5.55. The molecule has 1 aliphatic rings. The number of para-hydroxylation sites is 1. The predicted octanol–water partition coefficient (Wildman–Crippen LogP) is 3.88. The van der Waals surface area contributed by atoms with E-state index in [2.05, 4.69) is 18.2 Å². The Morgan fingerprint density at radius 2 is 1.77 bits per heavy atom. The Labute approximate surface area is 130 Å². The number of ether oxygens (including phenoxy) is 1. The second-order valence-electron chi connectivity index (χ2n) is 5.55. The highest BCUT2D eigenvalue weighted by molar-refractivity contribution is 5.89. The number of fused-ring (bicyclic) bond motifs is 1. The van der Waals surface area contributed by atoms with Gasteiger partial charge < -0.3 is 4.74 Å². The first kappa shape index (κ1) is 14.5. The van der Waals surface area contributed by atoms with E-state index in [4.69, 9.17) is 9.73 Å². The maximum absolute atomic E-state index is 10.8. The number of benzene rings is 2. The molecule has 1 heterocycles. The molecule has 0 N–H and O–H groups in total. The first-order valence-corrected chi connectivity index (χ1v) is 7.62. The Kier molecular flexibility index (Phi) is 4.64. The first-order valence-electron chi connectivity index (χ1n) is 7.62. The number of hydrogen-bond acceptors (Lipinski definition) is 3. The molecule has 2 aromatic carbocycles. The molecule has 3 rings (SSSR count). The summed E-state index contributed by atoms with van der Waals surface area (Å²) in [6.07, 6.45) is 3.21. The van der Waals surface area contributed by atoms with E-state index in [1.165, 1.54) is 11.1 Å². The lowest BCUT2D eigenvalue weighted by molar-refractivity contribution is -0.133. The Hall–Kier alpha value is -2.42. The van der Waals surface area contributed by atoms with Gasteiger partial charge in [-0.15, -0.1) is 0 Å². The molecule has 2 aromatic rings. The molecule has 1 atom stereocenters. The average molecular weight is 293 g/mol. The zero-order chi connectivity index (χ0) is 15.2. The van der Waals surface area contributed by atoms with E-state index in [-0.39, 0.29) is 6.10 Å². The van der Waals surface area contributed by atoms with Crippen LogP contribution in [0, 0.1) is 0 Å². The number of carbonyl (C=O) groups is 1. The minimum atomic E-state index is -0.149. The molecule has 3 heteroatoms. The quantitative estimate of drug-likeness (QED) is 0.758. The van der Waals surface area contributed by atoms with Crippen molar-refractivity contribution in [3.05, 3.63) is 65.7 Å². The van der Waals surface area contributed by atoms with Crippen molar-refractivity contribution in [1.29, 1.82) is 0 Å². The lowest BCUT2D eigenvalue weighted by Gasteiger charge is -2.20.